The predicted molar refractivity (Wildman–Crippen MR) is 53.2 cm³/mol. The monoisotopic (exact) mass is 198 g/mol. The zero-order chi connectivity index (χ0) is 10.1. The zero-order valence-electron chi connectivity index (χ0n) is 8.65. The number of hydrogen-bond acceptors (Lipinski definition) is 3. The lowest BCUT2D eigenvalue weighted by Gasteiger charge is -2.41. The highest BCUT2D eigenvalue weighted by Crippen LogP contribution is 2.22. The van der Waals surface area contributed by atoms with Gasteiger partial charge in [-0.25, -0.2) is 0 Å². The van der Waals surface area contributed by atoms with Crippen molar-refractivity contribution in [3.8, 4) is 0 Å². The SMILES string of the molecule is CN1CC(CCN2CCC2C(=O)O)C1. The van der Waals surface area contributed by atoms with Gasteiger partial charge in [-0.05, 0) is 32.4 Å². The maximum absolute atomic E-state index is 10.7. The number of carboxylic acid groups (broad SMARTS) is 1. The highest BCUT2D eigenvalue weighted by molar-refractivity contribution is 5.74. The molecular formula is C10H18N2O2. The van der Waals surface area contributed by atoms with Crippen LogP contribution >= 0.6 is 0 Å². The fourth-order valence-electron chi connectivity index (χ4n) is 2.35. The first-order valence-electron chi connectivity index (χ1n) is 5.32. The van der Waals surface area contributed by atoms with Crippen LogP contribution in [0.2, 0.25) is 0 Å². The Morgan fingerprint density at radius 3 is 2.64 bits per heavy atom. The van der Waals surface area contributed by atoms with Crippen molar-refractivity contribution in [2.45, 2.75) is 18.9 Å². The minimum absolute atomic E-state index is 0.187. The molecule has 14 heavy (non-hydrogen) atoms. The highest BCUT2D eigenvalue weighted by Gasteiger charge is 2.34. The third kappa shape index (κ3) is 1.91. The van der Waals surface area contributed by atoms with Gasteiger partial charge in [0.15, 0.2) is 0 Å². The molecule has 0 aromatic carbocycles. The van der Waals surface area contributed by atoms with Crippen LogP contribution in [0, 0.1) is 5.92 Å². The van der Waals surface area contributed by atoms with E-state index in [-0.39, 0.29) is 6.04 Å². The first-order valence-corrected chi connectivity index (χ1v) is 5.32. The van der Waals surface area contributed by atoms with E-state index in [1.54, 1.807) is 0 Å². The number of likely N-dealkylation sites (tertiary alicyclic amines) is 2. The Kier molecular flexibility index (Phi) is 2.74. The van der Waals surface area contributed by atoms with E-state index in [1.165, 1.54) is 13.1 Å². The molecule has 0 radical (unpaired) electrons. The van der Waals surface area contributed by atoms with Crippen LogP contribution in [0.15, 0.2) is 0 Å². The maximum Gasteiger partial charge on any atom is 0.320 e. The van der Waals surface area contributed by atoms with Gasteiger partial charge in [-0.15, -0.1) is 0 Å². The highest BCUT2D eigenvalue weighted by atomic mass is 16.4. The van der Waals surface area contributed by atoms with E-state index in [1.807, 2.05) is 0 Å². The second kappa shape index (κ2) is 3.87. The molecule has 4 heteroatoms. The molecule has 2 aliphatic heterocycles. The normalized spacial score (nSPS) is 29.6. The Labute approximate surface area is 84.5 Å². The van der Waals surface area contributed by atoms with Gasteiger partial charge in [-0.3, -0.25) is 9.69 Å². The van der Waals surface area contributed by atoms with Gasteiger partial charge in [0.2, 0.25) is 0 Å². The lowest BCUT2D eigenvalue weighted by atomic mass is 9.95. The number of hydrogen-bond donors (Lipinski definition) is 1. The van der Waals surface area contributed by atoms with Crippen LogP contribution in [-0.2, 0) is 4.79 Å². The first-order chi connectivity index (χ1) is 6.66. The molecule has 0 aliphatic carbocycles. The van der Waals surface area contributed by atoms with E-state index < -0.39 is 5.97 Å². The molecule has 0 amide bonds. The lowest BCUT2D eigenvalue weighted by molar-refractivity contribution is -0.148. The number of carbonyl (C=O) groups is 1. The Balaban J connectivity index is 1.64. The van der Waals surface area contributed by atoms with Crippen LogP contribution < -0.4 is 0 Å². The van der Waals surface area contributed by atoms with Gasteiger partial charge in [-0.1, -0.05) is 0 Å². The number of nitrogens with zero attached hydrogens (tertiary/aromatic N) is 2. The number of aliphatic carboxylic acids is 1. The molecule has 0 spiro atoms. The Morgan fingerprint density at radius 2 is 2.21 bits per heavy atom. The van der Waals surface area contributed by atoms with E-state index >= 15 is 0 Å². The van der Waals surface area contributed by atoms with Crippen LogP contribution in [-0.4, -0.2) is 60.1 Å². The van der Waals surface area contributed by atoms with Gasteiger partial charge in [0, 0.05) is 19.6 Å². The molecule has 1 unspecified atom stereocenters. The van der Waals surface area contributed by atoms with Crippen molar-refractivity contribution in [2.24, 2.45) is 5.92 Å². The summed E-state index contributed by atoms with van der Waals surface area (Å²) in [7, 11) is 2.13. The molecule has 2 aliphatic rings. The van der Waals surface area contributed by atoms with Crippen LogP contribution in [0.25, 0.3) is 0 Å². The van der Waals surface area contributed by atoms with Crippen molar-refractivity contribution in [1.82, 2.24) is 9.80 Å². The third-order valence-corrected chi connectivity index (χ3v) is 3.38. The second-order valence-corrected chi connectivity index (χ2v) is 4.55. The van der Waals surface area contributed by atoms with Crippen LogP contribution in [0.5, 0.6) is 0 Å². The third-order valence-electron chi connectivity index (χ3n) is 3.38. The molecule has 0 aromatic heterocycles. The first kappa shape index (κ1) is 9.93. The van der Waals surface area contributed by atoms with Crippen molar-refractivity contribution >= 4 is 5.97 Å². The molecule has 0 bridgehead atoms. The summed E-state index contributed by atoms with van der Waals surface area (Å²) in [4.78, 5) is 15.1. The maximum atomic E-state index is 10.7. The Bertz CT molecular complexity index is 226. The summed E-state index contributed by atoms with van der Waals surface area (Å²) in [5.41, 5.74) is 0. The van der Waals surface area contributed by atoms with Crippen molar-refractivity contribution in [1.29, 1.82) is 0 Å². The summed E-state index contributed by atoms with van der Waals surface area (Å²) in [6.07, 6.45) is 1.99. The van der Waals surface area contributed by atoms with Crippen molar-refractivity contribution in [3.05, 3.63) is 0 Å². The van der Waals surface area contributed by atoms with Crippen LogP contribution in [0.3, 0.4) is 0 Å². The van der Waals surface area contributed by atoms with Gasteiger partial charge in [0.05, 0.1) is 0 Å². The molecule has 2 rings (SSSR count). The van der Waals surface area contributed by atoms with E-state index in [4.69, 9.17) is 5.11 Å². The van der Waals surface area contributed by atoms with Crippen molar-refractivity contribution < 1.29 is 9.90 Å². The standard InChI is InChI=1S/C10H18N2O2/c1-11-6-8(7-11)2-4-12-5-3-9(12)10(13)14/h8-9H,2-7H2,1H3,(H,13,14). The van der Waals surface area contributed by atoms with E-state index in [9.17, 15) is 4.79 Å². The van der Waals surface area contributed by atoms with Crippen molar-refractivity contribution in [3.63, 3.8) is 0 Å². The minimum atomic E-state index is -0.651. The molecule has 80 valence electrons. The summed E-state index contributed by atoms with van der Waals surface area (Å²) in [5.74, 6) is 0.150. The Morgan fingerprint density at radius 1 is 1.50 bits per heavy atom. The molecule has 4 nitrogen and oxygen atoms in total. The number of rotatable bonds is 4. The molecule has 2 saturated heterocycles. The largest absolute Gasteiger partial charge is 0.480 e. The summed E-state index contributed by atoms with van der Waals surface area (Å²) in [6.45, 7) is 4.31. The lowest BCUT2D eigenvalue weighted by Crippen LogP contribution is -2.54. The molecule has 0 saturated carbocycles. The molecule has 1 atom stereocenters. The van der Waals surface area contributed by atoms with Crippen molar-refractivity contribution in [2.75, 3.05) is 33.2 Å². The Hall–Kier alpha value is -0.610. The van der Waals surface area contributed by atoms with Gasteiger partial charge < -0.3 is 10.0 Å². The van der Waals surface area contributed by atoms with Gasteiger partial charge >= 0.3 is 5.97 Å². The second-order valence-electron chi connectivity index (χ2n) is 4.55. The quantitative estimate of drug-likeness (QED) is 0.695. The van der Waals surface area contributed by atoms with Crippen LogP contribution in [0.1, 0.15) is 12.8 Å². The summed E-state index contributed by atoms with van der Waals surface area (Å²) in [5, 5.41) is 8.83. The van der Waals surface area contributed by atoms with Gasteiger partial charge in [0.1, 0.15) is 6.04 Å². The van der Waals surface area contributed by atoms with Crippen LogP contribution in [0.4, 0.5) is 0 Å². The predicted octanol–water partition coefficient (Wildman–Crippen LogP) is 0.0970. The van der Waals surface area contributed by atoms with Gasteiger partial charge in [0.25, 0.3) is 0 Å². The average molecular weight is 198 g/mol. The molecule has 1 N–H and O–H groups in total. The van der Waals surface area contributed by atoms with E-state index in [0.29, 0.717) is 0 Å². The fraction of sp³-hybridized carbons (Fsp3) is 0.900. The fourth-order valence-corrected chi connectivity index (χ4v) is 2.35. The molecular weight excluding hydrogens is 180 g/mol. The minimum Gasteiger partial charge on any atom is -0.480 e. The van der Waals surface area contributed by atoms with E-state index in [0.717, 1.165) is 31.8 Å². The zero-order valence-corrected chi connectivity index (χ0v) is 8.65. The molecule has 2 fully saturated rings. The topological polar surface area (TPSA) is 43.8 Å². The van der Waals surface area contributed by atoms with E-state index in [2.05, 4.69) is 16.8 Å². The van der Waals surface area contributed by atoms with Gasteiger partial charge in [-0.2, -0.15) is 0 Å². The molecule has 0 aromatic rings. The summed E-state index contributed by atoms with van der Waals surface area (Å²) < 4.78 is 0. The summed E-state index contributed by atoms with van der Waals surface area (Å²) >= 11 is 0. The summed E-state index contributed by atoms with van der Waals surface area (Å²) in [6, 6.07) is -0.187. The number of carboxylic acids is 1. The smallest absolute Gasteiger partial charge is 0.320 e. The molecule has 2 heterocycles. The average Bonchev–Trinajstić information content (AvgIpc) is 1.97.